The van der Waals surface area contributed by atoms with Crippen LogP contribution < -0.4 is 5.73 Å². The quantitative estimate of drug-likeness (QED) is 0.899. The van der Waals surface area contributed by atoms with E-state index < -0.39 is 0 Å². The lowest BCUT2D eigenvalue weighted by Crippen LogP contribution is -2.52. The predicted molar refractivity (Wildman–Crippen MR) is 74.4 cm³/mol. The molecule has 0 aromatic heterocycles. The molecule has 3 rings (SSSR count). The summed E-state index contributed by atoms with van der Waals surface area (Å²) < 4.78 is 13.0. The van der Waals surface area contributed by atoms with Crippen molar-refractivity contribution < 1.29 is 4.39 Å². The van der Waals surface area contributed by atoms with Crippen LogP contribution in [0.15, 0.2) is 24.3 Å². The average molecular weight is 263 g/mol. The number of halogens is 1. The van der Waals surface area contributed by atoms with Crippen molar-refractivity contribution in [2.75, 3.05) is 32.7 Å². The molecule has 0 bridgehead atoms. The summed E-state index contributed by atoms with van der Waals surface area (Å²) >= 11 is 0. The summed E-state index contributed by atoms with van der Waals surface area (Å²) in [6.07, 6.45) is 2.62. The first kappa shape index (κ1) is 13.0. The summed E-state index contributed by atoms with van der Waals surface area (Å²) in [5.41, 5.74) is 7.10. The van der Waals surface area contributed by atoms with Crippen LogP contribution in [0.1, 0.15) is 24.4 Å². The van der Waals surface area contributed by atoms with Gasteiger partial charge in [-0.3, -0.25) is 9.80 Å². The molecule has 2 N–H and O–H groups in total. The van der Waals surface area contributed by atoms with Crippen LogP contribution in [0, 0.1) is 5.82 Å². The Labute approximate surface area is 114 Å². The Balaban J connectivity index is 1.73. The third-order valence-electron chi connectivity index (χ3n) is 4.54. The predicted octanol–water partition coefficient (Wildman–Crippen LogP) is 1.61. The molecule has 0 aliphatic carbocycles. The van der Waals surface area contributed by atoms with Gasteiger partial charge in [0.15, 0.2) is 0 Å². The Bertz CT molecular complexity index is 420. The second-order valence-corrected chi connectivity index (χ2v) is 5.63. The minimum Gasteiger partial charge on any atom is -0.329 e. The van der Waals surface area contributed by atoms with E-state index in [4.69, 9.17) is 5.73 Å². The van der Waals surface area contributed by atoms with E-state index in [0.29, 0.717) is 12.6 Å². The van der Waals surface area contributed by atoms with Crippen molar-refractivity contribution in [3.63, 3.8) is 0 Å². The van der Waals surface area contributed by atoms with Gasteiger partial charge >= 0.3 is 0 Å². The highest BCUT2D eigenvalue weighted by atomic mass is 19.1. The second kappa shape index (κ2) is 5.57. The first-order valence-corrected chi connectivity index (χ1v) is 7.21. The number of piperazine rings is 1. The van der Waals surface area contributed by atoms with Gasteiger partial charge in [-0.2, -0.15) is 0 Å². The Morgan fingerprint density at radius 1 is 1.21 bits per heavy atom. The van der Waals surface area contributed by atoms with E-state index in [0.717, 1.165) is 25.2 Å². The topological polar surface area (TPSA) is 32.5 Å². The van der Waals surface area contributed by atoms with Gasteiger partial charge in [0.05, 0.1) is 0 Å². The van der Waals surface area contributed by atoms with Crippen molar-refractivity contribution in [2.24, 2.45) is 5.73 Å². The molecular weight excluding hydrogens is 241 g/mol. The molecule has 2 heterocycles. The van der Waals surface area contributed by atoms with Crippen molar-refractivity contribution in [3.05, 3.63) is 35.6 Å². The molecular formula is C15H22FN3. The third-order valence-corrected chi connectivity index (χ3v) is 4.54. The number of hydrogen-bond donors (Lipinski definition) is 1. The van der Waals surface area contributed by atoms with E-state index in [1.807, 2.05) is 12.1 Å². The smallest absolute Gasteiger partial charge is 0.123 e. The molecule has 2 unspecified atom stereocenters. The van der Waals surface area contributed by atoms with Crippen LogP contribution >= 0.6 is 0 Å². The van der Waals surface area contributed by atoms with E-state index in [-0.39, 0.29) is 11.9 Å². The molecule has 0 spiro atoms. The van der Waals surface area contributed by atoms with E-state index in [2.05, 4.69) is 9.80 Å². The minimum absolute atomic E-state index is 0.180. The number of nitrogens with two attached hydrogens (primary N) is 1. The summed E-state index contributed by atoms with van der Waals surface area (Å²) in [5, 5.41) is 0. The Kier molecular flexibility index (Phi) is 3.82. The van der Waals surface area contributed by atoms with Crippen molar-refractivity contribution in [2.45, 2.75) is 24.9 Å². The zero-order valence-electron chi connectivity index (χ0n) is 11.3. The molecule has 0 saturated carbocycles. The lowest BCUT2D eigenvalue weighted by molar-refractivity contribution is 0.0737. The molecule has 2 aliphatic rings. The fraction of sp³-hybridized carbons (Fsp3) is 0.600. The summed E-state index contributed by atoms with van der Waals surface area (Å²) in [6.45, 7) is 5.15. The lowest BCUT2D eigenvalue weighted by Gasteiger charge is -2.41. The van der Waals surface area contributed by atoms with Gasteiger partial charge in [-0.15, -0.1) is 0 Å². The summed E-state index contributed by atoms with van der Waals surface area (Å²) in [4.78, 5) is 5.06. The molecule has 4 heteroatoms. The standard InChI is InChI=1S/C15H22FN3/c16-13-5-3-12(4-6-13)15(10-17)19-9-8-18-7-1-2-14(18)11-19/h3-6,14-15H,1-2,7-11,17H2. The van der Waals surface area contributed by atoms with Gasteiger partial charge in [-0.25, -0.2) is 4.39 Å². The van der Waals surface area contributed by atoms with Gasteiger partial charge in [0.1, 0.15) is 5.82 Å². The van der Waals surface area contributed by atoms with Crippen LogP contribution in [0.4, 0.5) is 4.39 Å². The summed E-state index contributed by atoms with van der Waals surface area (Å²) in [5.74, 6) is -0.180. The fourth-order valence-electron chi connectivity index (χ4n) is 3.48. The molecule has 2 fully saturated rings. The molecule has 3 nitrogen and oxygen atoms in total. The van der Waals surface area contributed by atoms with E-state index in [1.165, 1.54) is 31.5 Å². The molecule has 104 valence electrons. The Morgan fingerprint density at radius 3 is 2.74 bits per heavy atom. The number of rotatable bonds is 3. The van der Waals surface area contributed by atoms with E-state index in [9.17, 15) is 4.39 Å². The van der Waals surface area contributed by atoms with E-state index in [1.54, 1.807) is 0 Å². The van der Waals surface area contributed by atoms with Crippen LogP contribution in [-0.2, 0) is 0 Å². The van der Waals surface area contributed by atoms with Crippen LogP contribution in [0.25, 0.3) is 0 Å². The highest BCUT2D eigenvalue weighted by Gasteiger charge is 2.33. The van der Waals surface area contributed by atoms with Crippen molar-refractivity contribution in [1.82, 2.24) is 9.80 Å². The number of benzene rings is 1. The zero-order valence-corrected chi connectivity index (χ0v) is 11.3. The minimum atomic E-state index is -0.180. The average Bonchev–Trinajstić information content (AvgIpc) is 2.89. The molecule has 2 saturated heterocycles. The molecule has 0 amide bonds. The van der Waals surface area contributed by atoms with Gasteiger partial charge in [-0.1, -0.05) is 12.1 Å². The van der Waals surface area contributed by atoms with Crippen molar-refractivity contribution in [3.8, 4) is 0 Å². The Hall–Kier alpha value is -0.970. The van der Waals surface area contributed by atoms with Crippen molar-refractivity contribution in [1.29, 1.82) is 0 Å². The molecule has 2 aliphatic heterocycles. The summed E-state index contributed by atoms with van der Waals surface area (Å²) in [6, 6.07) is 7.72. The Morgan fingerprint density at radius 2 is 2.00 bits per heavy atom. The van der Waals surface area contributed by atoms with Gasteiger partial charge in [-0.05, 0) is 37.1 Å². The maximum Gasteiger partial charge on any atom is 0.123 e. The molecule has 0 radical (unpaired) electrons. The van der Waals surface area contributed by atoms with Crippen LogP contribution in [0.5, 0.6) is 0 Å². The van der Waals surface area contributed by atoms with Gasteiger partial charge in [0.2, 0.25) is 0 Å². The fourth-order valence-corrected chi connectivity index (χ4v) is 3.48. The van der Waals surface area contributed by atoms with Gasteiger partial charge in [0.25, 0.3) is 0 Å². The monoisotopic (exact) mass is 263 g/mol. The molecule has 2 atom stereocenters. The first-order chi connectivity index (χ1) is 9.28. The van der Waals surface area contributed by atoms with E-state index >= 15 is 0 Å². The molecule has 1 aromatic rings. The maximum absolute atomic E-state index is 13.0. The molecule has 1 aromatic carbocycles. The SMILES string of the molecule is NCC(c1ccc(F)cc1)N1CCN2CCCC2C1. The lowest BCUT2D eigenvalue weighted by atomic mass is 10.0. The second-order valence-electron chi connectivity index (χ2n) is 5.63. The van der Waals surface area contributed by atoms with Gasteiger partial charge < -0.3 is 5.73 Å². The van der Waals surface area contributed by atoms with Crippen LogP contribution in [0.2, 0.25) is 0 Å². The molecule has 19 heavy (non-hydrogen) atoms. The summed E-state index contributed by atoms with van der Waals surface area (Å²) in [7, 11) is 0. The van der Waals surface area contributed by atoms with Crippen LogP contribution in [0.3, 0.4) is 0 Å². The first-order valence-electron chi connectivity index (χ1n) is 7.21. The normalized spacial score (nSPS) is 26.3. The highest BCUT2D eigenvalue weighted by Crippen LogP contribution is 2.27. The largest absolute Gasteiger partial charge is 0.329 e. The van der Waals surface area contributed by atoms with Crippen molar-refractivity contribution >= 4 is 0 Å². The maximum atomic E-state index is 13.0. The van der Waals surface area contributed by atoms with Gasteiger partial charge in [0, 0.05) is 38.3 Å². The number of hydrogen-bond acceptors (Lipinski definition) is 3. The number of fused-ring (bicyclic) bond motifs is 1. The van der Waals surface area contributed by atoms with Crippen LogP contribution in [-0.4, -0.2) is 48.6 Å². The third kappa shape index (κ3) is 2.66. The zero-order chi connectivity index (χ0) is 13.2. The highest BCUT2D eigenvalue weighted by molar-refractivity contribution is 5.20. The number of nitrogens with zero attached hydrogens (tertiary/aromatic N) is 2.